The van der Waals surface area contributed by atoms with Crippen LogP contribution < -0.4 is 5.32 Å². The Bertz CT molecular complexity index is 463. The van der Waals surface area contributed by atoms with Gasteiger partial charge < -0.3 is 10.2 Å². The predicted molar refractivity (Wildman–Crippen MR) is 70.6 cm³/mol. The van der Waals surface area contributed by atoms with Gasteiger partial charge in [0.05, 0.1) is 12.6 Å². The molecule has 1 atom stereocenters. The molecule has 0 spiro atoms. The molecule has 0 radical (unpaired) electrons. The number of halogens is 2. The number of hydrogen-bond donors (Lipinski definition) is 1. The Kier molecular flexibility index (Phi) is 5.63. The molecule has 0 aliphatic heterocycles. The molecule has 5 heteroatoms. The molecule has 0 saturated carbocycles. The first-order valence-electron chi connectivity index (χ1n) is 5.99. The van der Waals surface area contributed by atoms with E-state index in [4.69, 9.17) is 0 Å². The van der Waals surface area contributed by atoms with E-state index in [0.29, 0.717) is 12.1 Å². The number of nitrogens with zero attached hydrogens (tertiary/aromatic N) is 1. The summed E-state index contributed by atoms with van der Waals surface area (Å²) in [5, 5.41) is 2.90. The third kappa shape index (κ3) is 4.13. The van der Waals surface area contributed by atoms with E-state index in [-0.39, 0.29) is 18.5 Å². The molecule has 0 fully saturated rings. The quantitative estimate of drug-likeness (QED) is 0.634. The van der Waals surface area contributed by atoms with Crippen LogP contribution in [0.5, 0.6) is 0 Å². The average Bonchev–Trinajstić information content (AvgIpc) is 2.40. The number of rotatable bonds is 6. The van der Waals surface area contributed by atoms with Crippen LogP contribution in [0.2, 0.25) is 0 Å². The molecule has 0 bridgehead atoms. The van der Waals surface area contributed by atoms with E-state index in [1.54, 1.807) is 20.0 Å². The van der Waals surface area contributed by atoms with Gasteiger partial charge >= 0.3 is 0 Å². The van der Waals surface area contributed by atoms with Gasteiger partial charge in [0.25, 0.3) is 0 Å². The van der Waals surface area contributed by atoms with E-state index in [1.165, 1.54) is 11.0 Å². The molecule has 1 N–H and O–H groups in total. The number of carbonyl (C=O) groups is 1. The van der Waals surface area contributed by atoms with Crippen molar-refractivity contribution in [2.24, 2.45) is 0 Å². The van der Waals surface area contributed by atoms with E-state index >= 15 is 0 Å². The number of amides is 1. The van der Waals surface area contributed by atoms with Gasteiger partial charge in [-0.25, -0.2) is 8.78 Å². The van der Waals surface area contributed by atoms with E-state index in [9.17, 15) is 13.6 Å². The van der Waals surface area contributed by atoms with Gasteiger partial charge in [0.1, 0.15) is 0 Å². The van der Waals surface area contributed by atoms with Crippen molar-refractivity contribution >= 4 is 5.91 Å². The molecule has 1 amide bonds. The van der Waals surface area contributed by atoms with E-state index in [0.717, 1.165) is 12.1 Å². The first-order valence-corrected chi connectivity index (χ1v) is 5.99. The van der Waals surface area contributed by atoms with Crippen LogP contribution in [0.4, 0.5) is 8.78 Å². The first kappa shape index (κ1) is 15.3. The van der Waals surface area contributed by atoms with Gasteiger partial charge in [0, 0.05) is 13.6 Å². The minimum atomic E-state index is -0.907. The lowest BCUT2D eigenvalue weighted by atomic mass is 10.1. The van der Waals surface area contributed by atoms with Gasteiger partial charge in [-0.1, -0.05) is 12.1 Å². The van der Waals surface area contributed by atoms with E-state index in [2.05, 4.69) is 11.9 Å². The van der Waals surface area contributed by atoms with Gasteiger partial charge in [0.15, 0.2) is 11.6 Å². The first-order chi connectivity index (χ1) is 8.97. The third-order valence-electron chi connectivity index (χ3n) is 2.97. The van der Waals surface area contributed by atoms with Crippen LogP contribution in [0, 0.1) is 11.6 Å². The number of hydrogen-bond acceptors (Lipinski definition) is 2. The van der Waals surface area contributed by atoms with Gasteiger partial charge in [-0.3, -0.25) is 4.79 Å². The fraction of sp³-hybridized carbons (Fsp3) is 0.357. The molecule has 1 unspecified atom stereocenters. The van der Waals surface area contributed by atoms with Gasteiger partial charge in [0.2, 0.25) is 5.91 Å². The summed E-state index contributed by atoms with van der Waals surface area (Å²) in [7, 11) is 1.63. The molecule has 0 saturated heterocycles. The van der Waals surface area contributed by atoms with Crippen LogP contribution in [0.3, 0.4) is 0 Å². The summed E-state index contributed by atoms with van der Waals surface area (Å²) in [6.07, 6.45) is 1.66. The minimum Gasteiger partial charge on any atom is -0.338 e. The lowest BCUT2D eigenvalue weighted by molar-refractivity contribution is -0.130. The topological polar surface area (TPSA) is 32.3 Å². The van der Waals surface area contributed by atoms with Gasteiger partial charge in [-0.15, -0.1) is 6.58 Å². The normalized spacial score (nSPS) is 12.0. The highest BCUT2D eigenvalue weighted by atomic mass is 19.2. The number of carbonyl (C=O) groups excluding carboxylic acids is 1. The van der Waals surface area contributed by atoms with Gasteiger partial charge in [-0.2, -0.15) is 0 Å². The number of benzene rings is 1. The van der Waals surface area contributed by atoms with Crippen molar-refractivity contribution in [3.05, 3.63) is 48.1 Å². The van der Waals surface area contributed by atoms with Crippen LogP contribution in [-0.2, 0) is 4.79 Å². The van der Waals surface area contributed by atoms with Crippen molar-refractivity contribution in [3.8, 4) is 0 Å². The molecule has 1 aromatic carbocycles. The monoisotopic (exact) mass is 268 g/mol. The zero-order chi connectivity index (χ0) is 14.4. The average molecular weight is 268 g/mol. The predicted octanol–water partition coefficient (Wildman–Crippen LogP) is 2.26. The van der Waals surface area contributed by atoms with Crippen molar-refractivity contribution in [3.63, 3.8) is 0 Å². The van der Waals surface area contributed by atoms with Crippen LogP contribution in [-0.4, -0.2) is 30.9 Å². The maximum absolute atomic E-state index is 13.2. The Balaban J connectivity index is 2.69. The SMILES string of the molecule is C=CCNCC(=O)N(C)C(C)c1ccc(F)c(F)c1. The highest BCUT2D eigenvalue weighted by molar-refractivity contribution is 5.78. The lowest BCUT2D eigenvalue weighted by Gasteiger charge is -2.25. The Morgan fingerprint density at radius 2 is 2.16 bits per heavy atom. The van der Waals surface area contributed by atoms with Crippen LogP contribution >= 0.6 is 0 Å². The largest absolute Gasteiger partial charge is 0.338 e. The Morgan fingerprint density at radius 1 is 1.47 bits per heavy atom. The zero-order valence-electron chi connectivity index (χ0n) is 11.1. The summed E-state index contributed by atoms with van der Waals surface area (Å²) in [4.78, 5) is 13.3. The molecule has 0 heterocycles. The summed E-state index contributed by atoms with van der Waals surface area (Å²) >= 11 is 0. The van der Waals surface area contributed by atoms with Crippen molar-refractivity contribution in [1.29, 1.82) is 0 Å². The highest BCUT2D eigenvalue weighted by Gasteiger charge is 2.18. The highest BCUT2D eigenvalue weighted by Crippen LogP contribution is 2.20. The second kappa shape index (κ2) is 6.99. The second-order valence-electron chi connectivity index (χ2n) is 4.27. The second-order valence-corrected chi connectivity index (χ2v) is 4.27. The zero-order valence-corrected chi connectivity index (χ0v) is 11.1. The number of nitrogens with one attached hydrogen (secondary N) is 1. The summed E-state index contributed by atoms with van der Waals surface area (Å²) in [5.41, 5.74) is 0.554. The molecule has 0 aromatic heterocycles. The molecule has 104 valence electrons. The maximum atomic E-state index is 13.2. The molecular formula is C14H18F2N2O. The standard InChI is InChI=1S/C14H18F2N2O/c1-4-7-17-9-14(19)18(3)10(2)11-5-6-12(15)13(16)8-11/h4-6,8,10,17H,1,7,9H2,2-3H3. The third-order valence-corrected chi connectivity index (χ3v) is 2.97. The Morgan fingerprint density at radius 3 is 2.74 bits per heavy atom. The molecule has 0 aliphatic rings. The summed E-state index contributed by atoms with van der Waals surface area (Å²) in [5.74, 6) is -1.92. The molecule has 1 aromatic rings. The minimum absolute atomic E-state index is 0.126. The summed E-state index contributed by atoms with van der Waals surface area (Å²) in [6, 6.07) is 3.33. The van der Waals surface area contributed by atoms with E-state index < -0.39 is 11.6 Å². The molecule has 3 nitrogen and oxygen atoms in total. The van der Waals surface area contributed by atoms with Crippen molar-refractivity contribution in [1.82, 2.24) is 10.2 Å². The Hall–Kier alpha value is -1.75. The fourth-order valence-corrected chi connectivity index (χ4v) is 1.62. The van der Waals surface area contributed by atoms with Crippen LogP contribution in [0.1, 0.15) is 18.5 Å². The van der Waals surface area contributed by atoms with Gasteiger partial charge in [-0.05, 0) is 24.6 Å². The fourth-order valence-electron chi connectivity index (χ4n) is 1.62. The summed E-state index contributed by atoms with van der Waals surface area (Å²) in [6.45, 7) is 6.02. The van der Waals surface area contributed by atoms with E-state index in [1.807, 2.05) is 0 Å². The Labute approximate surface area is 111 Å². The van der Waals surface area contributed by atoms with Crippen molar-refractivity contribution in [2.45, 2.75) is 13.0 Å². The molecule has 19 heavy (non-hydrogen) atoms. The van der Waals surface area contributed by atoms with Crippen molar-refractivity contribution < 1.29 is 13.6 Å². The molecule has 1 rings (SSSR count). The lowest BCUT2D eigenvalue weighted by Crippen LogP contribution is -2.37. The summed E-state index contributed by atoms with van der Waals surface area (Å²) < 4.78 is 26.0. The maximum Gasteiger partial charge on any atom is 0.236 e. The molecular weight excluding hydrogens is 250 g/mol. The number of likely N-dealkylation sites (N-methyl/N-ethyl adjacent to an activating group) is 1. The van der Waals surface area contributed by atoms with Crippen LogP contribution in [0.15, 0.2) is 30.9 Å². The van der Waals surface area contributed by atoms with Crippen LogP contribution in [0.25, 0.3) is 0 Å². The van der Waals surface area contributed by atoms with Crippen molar-refractivity contribution in [2.75, 3.05) is 20.1 Å². The smallest absolute Gasteiger partial charge is 0.236 e. The molecule has 0 aliphatic carbocycles.